The second-order valence-corrected chi connectivity index (χ2v) is 3.21. The van der Waals surface area contributed by atoms with Crippen LogP contribution in [-0.4, -0.2) is 25.1 Å². The van der Waals surface area contributed by atoms with Crippen molar-refractivity contribution in [2.75, 3.05) is 19.8 Å². The molecule has 0 fully saturated rings. The molecule has 0 radical (unpaired) electrons. The molecular formula is C7H15ClFN. The molecule has 0 amide bonds. The summed E-state index contributed by atoms with van der Waals surface area (Å²) in [4.78, 5) is 0. The molecule has 0 aliphatic heterocycles. The average molecular weight is 168 g/mol. The summed E-state index contributed by atoms with van der Waals surface area (Å²) in [5.41, 5.74) is 0. The highest BCUT2D eigenvalue weighted by molar-refractivity contribution is 6.20. The first kappa shape index (κ1) is 10.2. The Morgan fingerprint density at radius 3 is 2.50 bits per heavy atom. The highest BCUT2D eigenvalue weighted by Crippen LogP contribution is 2.06. The van der Waals surface area contributed by atoms with E-state index in [0.717, 1.165) is 0 Å². The van der Waals surface area contributed by atoms with Gasteiger partial charge in [0.25, 0.3) is 0 Å². The second kappa shape index (κ2) is 5.93. The summed E-state index contributed by atoms with van der Waals surface area (Å²) >= 11 is 5.87. The van der Waals surface area contributed by atoms with Gasteiger partial charge in [0.2, 0.25) is 0 Å². The van der Waals surface area contributed by atoms with Crippen molar-refractivity contribution < 1.29 is 4.39 Å². The van der Waals surface area contributed by atoms with Gasteiger partial charge in [0, 0.05) is 18.5 Å². The van der Waals surface area contributed by atoms with Crippen LogP contribution in [-0.2, 0) is 0 Å². The van der Waals surface area contributed by atoms with E-state index in [2.05, 4.69) is 19.2 Å². The van der Waals surface area contributed by atoms with Crippen molar-refractivity contribution in [1.29, 1.82) is 0 Å². The Hall–Kier alpha value is 0.180. The van der Waals surface area contributed by atoms with Gasteiger partial charge >= 0.3 is 0 Å². The molecule has 0 aromatic rings. The molecular weight excluding hydrogens is 153 g/mol. The van der Waals surface area contributed by atoms with E-state index in [0.29, 0.717) is 19.0 Å². The number of hydrogen-bond acceptors (Lipinski definition) is 1. The van der Waals surface area contributed by atoms with Crippen molar-refractivity contribution >= 4 is 11.6 Å². The van der Waals surface area contributed by atoms with Gasteiger partial charge in [-0.3, -0.25) is 0 Å². The number of halogens is 2. The predicted octanol–water partition coefficient (Wildman–Crippen LogP) is 1.81. The Bertz CT molecular complexity index is 78.0. The Morgan fingerprint density at radius 1 is 1.50 bits per heavy atom. The lowest BCUT2D eigenvalue weighted by Gasteiger charge is -2.12. The highest BCUT2D eigenvalue weighted by Gasteiger charge is 2.07. The van der Waals surface area contributed by atoms with Gasteiger partial charge in [0.15, 0.2) is 0 Å². The zero-order chi connectivity index (χ0) is 7.98. The number of nitrogens with one attached hydrogen (secondary N) is 1. The van der Waals surface area contributed by atoms with Crippen LogP contribution in [0.2, 0.25) is 0 Å². The molecule has 0 bridgehead atoms. The molecule has 0 saturated carbocycles. The van der Waals surface area contributed by atoms with E-state index in [-0.39, 0.29) is 12.1 Å². The zero-order valence-electron chi connectivity index (χ0n) is 6.53. The van der Waals surface area contributed by atoms with Crippen molar-refractivity contribution in [2.24, 2.45) is 5.92 Å². The van der Waals surface area contributed by atoms with Gasteiger partial charge in [-0.15, -0.1) is 11.6 Å². The van der Waals surface area contributed by atoms with E-state index < -0.39 is 0 Å². The summed E-state index contributed by atoms with van der Waals surface area (Å²) < 4.78 is 11.5. The lowest BCUT2D eigenvalue weighted by molar-refractivity contribution is 0.454. The smallest absolute Gasteiger partial charge is 0.102 e. The Morgan fingerprint density at radius 2 is 2.10 bits per heavy atom. The van der Waals surface area contributed by atoms with Gasteiger partial charge < -0.3 is 5.32 Å². The molecule has 10 heavy (non-hydrogen) atoms. The van der Waals surface area contributed by atoms with Crippen molar-refractivity contribution in [3.63, 3.8) is 0 Å². The fourth-order valence-electron chi connectivity index (χ4n) is 0.542. The van der Waals surface area contributed by atoms with Gasteiger partial charge in [-0.25, -0.2) is 4.39 Å². The summed E-state index contributed by atoms with van der Waals surface area (Å²) in [6.45, 7) is 4.89. The van der Waals surface area contributed by atoms with E-state index in [9.17, 15) is 4.39 Å². The maximum Gasteiger partial charge on any atom is 0.102 e. The Kier molecular flexibility index (Phi) is 6.03. The number of rotatable bonds is 5. The largest absolute Gasteiger partial charge is 0.313 e. The molecule has 0 rings (SSSR count). The highest BCUT2D eigenvalue weighted by atomic mass is 35.5. The topological polar surface area (TPSA) is 12.0 Å². The lowest BCUT2D eigenvalue weighted by Crippen LogP contribution is -2.28. The summed E-state index contributed by atoms with van der Waals surface area (Å²) in [7, 11) is 0. The van der Waals surface area contributed by atoms with Gasteiger partial charge in [0.05, 0.1) is 0 Å². The monoisotopic (exact) mass is 167 g/mol. The fraction of sp³-hybridized carbons (Fsp3) is 1.00. The SMILES string of the molecule is CC(C)C(Cl)CNCCF. The van der Waals surface area contributed by atoms with Crippen molar-refractivity contribution in [3.05, 3.63) is 0 Å². The van der Waals surface area contributed by atoms with Crippen LogP contribution >= 0.6 is 11.6 Å². The minimum atomic E-state index is -0.318. The molecule has 1 nitrogen and oxygen atoms in total. The van der Waals surface area contributed by atoms with Crippen LogP contribution in [0.3, 0.4) is 0 Å². The number of alkyl halides is 2. The maximum absolute atomic E-state index is 11.5. The second-order valence-electron chi connectivity index (χ2n) is 2.65. The van der Waals surface area contributed by atoms with Gasteiger partial charge in [0.1, 0.15) is 6.67 Å². The van der Waals surface area contributed by atoms with E-state index in [1.807, 2.05) is 0 Å². The zero-order valence-corrected chi connectivity index (χ0v) is 7.29. The first-order valence-corrected chi connectivity index (χ1v) is 4.03. The van der Waals surface area contributed by atoms with Crippen molar-refractivity contribution in [2.45, 2.75) is 19.2 Å². The summed E-state index contributed by atoms with van der Waals surface area (Å²) in [6.07, 6.45) is 0. The summed E-state index contributed by atoms with van der Waals surface area (Å²) in [5.74, 6) is 0.453. The third-order valence-electron chi connectivity index (χ3n) is 1.33. The molecule has 1 unspecified atom stereocenters. The average Bonchev–Trinajstić information content (AvgIpc) is 1.88. The van der Waals surface area contributed by atoms with Crippen LogP contribution in [0, 0.1) is 5.92 Å². The standard InChI is InChI=1S/C7H15ClFN/c1-6(2)7(8)5-10-4-3-9/h6-7,10H,3-5H2,1-2H3. The van der Waals surface area contributed by atoms with Crippen LogP contribution in [0.5, 0.6) is 0 Å². The quantitative estimate of drug-likeness (QED) is 0.487. The Balaban J connectivity index is 3.13. The third-order valence-corrected chi connectivity index (χ3v) is 1.99. The molecule has 0 aromatic heterocycles. The molecule has 0 aromatic carbocycles. The van der Waals surface area contributed by atoms with E-state index >= 15 is 0 Å². The van der Waals surface area contributed by atoms with Crippen molar-refractivity contribution in [1.82, 2.24) is 5.32 Å². The van der Waals surface area contributed by atoms with Crippen molar-refractivity contribution in [3.8, 4) is 0 Å². The van der Waals surface area contributed by atoms with E-state index in [4.69, 9.17) is 11.6 Å². The molecule has 0 saturated heterocycles. The molecule has 0 spiro atoms. The molecule has 62 valence electrons. The predicted molar refractivity (Wildman–Crippen MR) is 43.3 cm³/mol. The maximum atomic E-state index is 11.5. The summed E-state index contributed by atoms with van der Waals surface area (Å²) in [6, 6.07) is 0. The van der Waals surface area contributed by atoms with Crippen LogP contribution in [0.4, 0.5) is 4.39 Å². The Labute approximate surface area is 66.9 Å². The van der Waals surface area contributed by atoms with Crippen LogP contribution in [0.1, 0.15) is 13.8 Å². The molecule has 1 N–H and O–H groups in total. The summed E-state index contributed by atoms with van der Waals surface area (Å²) in [5, 5.41) is 3.03. The van der Waals surface area contributed by atoms with Gasteiger partial charge in [-0.1, -0.05) is 13.8 Å². The number of hydrogen-bond donors (Lipinski definition) is 1. The van der Waals surface area contributed by atoms with Crippen LogP contribution in [0.15, 0.2) is 0 Å². The van der Waals surface area contributed by atoms with E-state index in [1.54, 1.807) is 0 Å². The normalized spacial score (nSPS) is 14.1. The van der Waals surface area contributed by atoms with Gasteiger partial charge in [-0.2, -0.15) is 0 Å². The minimum Gasteiger partial charge on any atom is -0.313 e. The van der Waals surface area contributed by atoms with Crippen LogP contribution in [0.25, 0.3) is 0 Å². The molecule has 0 heterocycles. The lowest BCUT2D eigenvalue weighted by atomic mass is 10.1. The van der Waals surface area contributed by atoms with E-state index in [1.165, 1.54) is 0 Å². The molecule has 0 aliphatic rings. The van der Waals surface area contributed by atoms with Gasteiger partial charge in [-0.05, 0) is 5.92 Å². The minimum absolute atomic E-state index is 0.117. The third kappa shape index (κ3) is 5.00. The first-order chi connectivity index (χ1) is 4.68. The molecule has 0 aliphatic carbocycles. The van der Waals surface area contributed by atoms with Crippen LogP contribution < -0.4 is 5.32 Å². The first-order valence-electron chi connectivity index (χ1n) is 3.59. The molecule has 3 heteroatoms. The molecule has 1 atom stereocenters. The fourth-order valence-corrected chi connectivity index (χ4v) is 0.652.